The minimum atomic E-state index is -0.698. The molecule has 0 saturated heterocycles. The third-order valence-corrected chi connectivity index (χ3v) is 3.40. The molecule has 1 unspecified atom stereocenters. The number of rotatable bonds is 2. The second kappa shape index (κ2) is 5.00. The van der Waals surface area contributed by atoms with Gasteiger partial charge in [-0.3, -0.25) is 4.98 Å². The molecule has 0 amide bonds. The molecular weight excluding hydrogens is 258 g/mol. The first-order valence-corrected chi connectivity index (χ1v) is 6.41. The highest BCUT2D eigenvalue weighted by Gasteiger charge is 2.13. The summed E-state index contributed by atoms with van der Waals surface area (Å²) in [6, 6.07) is 16.9. The van der Waals surface area contributed by atoms with Gasteiger partial charge < -0.3 is 5.11 Å². The second-order valence-electron chi connectivity index (χ2n) is 4.38. The molecule has 1 N–H and O–H groups in total. The van der Waals surface area contributed by atoms with E-state index in [2.05, 4.69) is 4.98 Å². The van der Waals surface area contributed by atoms with Crippen molar-refractivity contribution in [1.29, 1.82) is 0 Å². The lowest BCUT2D eigenvalue weighted by Gasteiger charge is -2.13. The fourth-order valence-corrected chi connectivity index (χ4v) is 2.30. The molecule has 2 nitrogen and oxygen atoms in total. The van der Waals surface area contributed by atoms with Crippen LogP contribution in [0.5, 0.6) is 0 Å². The normalized spacial score (nSPS) is 12.5. The van der Waals surface area contributed by atoms with Crippen LogP contribution in [-0.4, -0.2) is 10.1 Å². The van der Waals surface area contributed by atoms with E-state index in [0.717, 1.165) is 22.0 Å². The Morgan fingerprint density at radius 1 is 0.947 bits per heavy atom. The van der Waals surface area contributed by atoms with E-state index in [-0.39, 0.29) is 0 Å². The Hall–Kier alpha value is -1.90. The van der Waals surface area contributed by atoms with Crippen LogP contribution >= 0.6 is 11.6 Å². The number of fused-ring (bicyclic) bond motifs is 1. The largest absolute Gasteiger partial charge is 0.384 e. The zero-order valence-corrected chi connectivity index (χ0v) is 10.9. The van der Waals surface area contributed by atoms with Crippen molar-refractivity contribution in [1.82, 2.24) is 4.98 Å². The van der Waals surface area contributed by atoms with Crippen molar-refractivity contribution in [2.24, 2.45) is 0 Å². The van der Waals surface area contributed by atoms with Crippen molar-refractivity contribution < 1.29 is 5.11 Å². The predicted octanol–water partition coefficient (Wildman–Crippen LogP) is 3.97. The summed E-state index contributed by atoms with van der Waals surface area (Å²) in [6.07, 6.45) is 1.04. The molecule has 1 heterocycles. The van der Waals surface area contributed by atoms with Crippen LogP contribution < -0.4 is 0 Å². The lowest BCUT2D eigenvalue weighted by molar-refractivity contribution is 0.221. The number of aliphatic hydroxyl groups is 1. The molecule has 0 fully saturated rings. The molecule has 1 aromatic heterocycles. The van der Waals surface area contributed by atoms with Crippen LogP contribution in [0.3, 0.4) is 0 Å². The smallest absolute Gasteiger partial charge is 0.106 e. The fraction of sp³-hybridized carbons (Fsp3) is 0.0625. The van der Waals surface area contributed by atoms with Crippen LogP contribution in [0, 0.1) is 0 Å². The van der Waals surface area contributed by atoms with E-state index in [1.165, 1.54) is 0 Å². The zero-order valence-electron chi connectivity index (χ0n) is 10.1. The van der Waals surface area contributed by atoms with Gasteiger partial charge in [0.15, 0.2) is 0 Å². The molecule has 3 aromatic rings. The van der Waals surface area contributed by atoms with Crippen LogP contribution in [0.1, 0.15) is 17.2 Å². The summed E-state index contributed by atoms with van der Waals surface area (Å²) in [6.45, 7) is 0. The Balaban J connectivity index is 2.11. The van der Waals surface area contributed by atoms with Crippen molar-refractivity contribution in [2.75, 3.05) is 0 Å². The molecule has 0 aliphatic heterocycles. The summed E-state index contributed by atoms with van der Waals surface area (Å²) in [4.78, 5) is 4.36. The SMILES string of the molecule is OC(c1ccc(Cl)cc1)c1cccc2cccnc12. The average molecular weight is 270 g/mol. The van der Waals surface area contributed by atoms with Gasteiger partial charge in [-0.25, -0.2) is 0 Å². The maximum atomic E-state index is 10.5. The summed E-state index contributed by atoms with van der Waals surface area (Å²) in [7, 11) is 0. The van der Waals surface area contributed by atoms with Gasteiger partial charge in [0.05, 0.1) is 5.52 Å². The number of halogens is 1. The quantitative estimate of drug-likeness (QED) is 0.764. The van der Waals surface area contributed by atoms with Crippen molar-refractivity contribution in [2.45, 2.75) is 6.10 Å². The molecule has 94 valence electrons. The topological polar surface area (TPSA) is 33.1 Å². The first-order valence-electron chi connectivity index (χ1n) is 6.03. The van der Waals surface area contributed by atoms with Crippen molar-refractivity contribution in [3.8, 4) is 0 Å². The number of hydrogen-bond donors (Lipinski definition) is 1. The first-order chi connectivity index (χ1) is 9.25. The summed E-state index contributed by atoms with van der Waals surface area (Å²) in [5, 5.41) is 12.2. The Kier molecular flexibility index (Phi) is 3.20. The van der Waals surface area contributed by atoms with Crippen LogP contribution in [0.4, 0.5) is 0 Å². The van der Waals surface area contributed by atoms with Crippen molar-refractivity contribution >= 4 is 22.5 Å². The summed E-state index contributed by atoms with van der Waals surface area (Å²) < 4.78 is 0. The number of benzene rings is 2. The molecule has 3 heteroatoms. The van der Waals surface area contributed by atoms with Gasteiger partial charge in [-0.05, 0) is 23.8 Å². The van der Waals surface area contributed by atoms with Gasteiger partial charge in [0, 0.05) is 22.2 Å². The zero-order chi connectivity index (χ0) is 13.2. The maximum absolute atomic E-state index is 10.5. The van der Waals surface area contributed by atoms with E-state index in [4.69, 9.17) is 11.6 Å². The predicted molar refractivity (Wildman–Crippen MR) is 77.3 cm³/mol. The number of hydrogen-bond acceptors (Lipinski definition) is 2. The molecule has 0 spiro atoms. The molecule has 0 aliphatic carbocycles. The van der Waals surface area contributed by atoms with Crippen molar-refractivity contribution in [3.63, 3.8) is 0 Å². The van der Waals surface area contributed by atoms with E-state index in [1.807, 2.05) is 42.5 Å². The first kappa shape index (κ1) is 12.2. The van der Waals surface area contributed by atoms with Crippen LogP contribution in [0.15, 0.2) is 60.8 Å². The highest BCUT2D eigenvalue weighted by atomic mass is 35.5. The van der Waals surface area contributed by atoms with Crippen LogP contribution in [-0.2, 0) is 0 Å². The molecule has 0 aliphatic rings. The molecule has 3 rings (SSSR count). The van der Waals surface area contributed by atoms with E-state index in [1.54, 1.807) is 18.3 Å². The third kappa shape index (κ3) is 2.33. The summed E-state index contributed by atoms with van der Waals surface area (Å²) >= 11 is 5.86. The maximum Gasteiger partial charge on any atom is 0.106 e. The Morgan fingerprint density at radius 3 is 2.47 bits per heavy atom. The molecule has 0 radical (unpaired) electrons. The lowest BCUT2D eigenvalue weighted by atomic mass is 9.99. The van der Waals surface area contributed by atoms with Crippen molar-refractivity contribution in [3.05, 3.63) is 76.9 Å². The van der Waals surface area contributed by atoms with Crippen LogP contribution in [0.25, 0.3) is 10.9 Å². The van der Waals surface area contributed by atoms with Gasteiger partial charge >= 0.3 is 0 Å². The lowest BCUT2D eigenvalue weighted by Crippen LogP contribution is -2.01. The summed E-state index contributed by atoms with van der Waals surface area (Å²) in [5.74, 6) is 0. The minimum absolute atomic E-state index is 0.659. The number of aromatic nitrogens is 1. The average Bonchev–Trinajstić information content (AvgIpc) is 2.47. The number of aliphatic hydroxyl groups excluding tert-OH is 1. The monoisotopic (exact) mass is 269 g/mol. The standard InChI is InChI=1S/C16H12ClNO/c17-13-8-6-12(7-9-13)16(19)14-5-1-3-11-4-2-10-18-15(11)14/h1-10,16,19H. The Labute approximate surface area is 116 Å². The number of para-hydroxylation sites is 1. The molecular formula is C16H12ClNO. The minimum Gasteiger partial charge on any atom is -0.384 e. The van der Waals surface area contributed by atoms with E-state index >= 15 is 0 Å². The Bertz CT molecular complexity index is 704. The molecule has 1 atom stereocenters. The van der Waals surface area contributed by atoms with Gasteiger partial charge in [-0.1, -0.05) is 48.0 Å². The molecule has 0 saturated carbocycles. The molecule has 19 heavy (non-hydrogen) atoms. The van der Waals surface area contributed by atoms with Crippen LogP contribution in [0.2, 0.25) is 5.02 Å². The number of nitrogens with zero attached hydrogens (tertiary/aromatic N) is 1. The third-order valence-electron chi connectivity index (χ3n) is 3.14. The second-order valence-corrected chi connectivity index (χ2v) is 4.81. The fourth-order valence-electron chi connectivity index (χ4n) is 2.17. The number of pyridine rings is 1. The van der Waals surface area contributed by atoms with E-state index < -0.39 is 6.10 Å². The van der Waals surface area contributed by atoms with E-state index in [9.17, 15) is 5.11 Å². The van der Waals surface area contributed by atoms with Gasteiger partial charge in [0.25, 0.3) is 0 Å². The van der Waals surface area contributed by atoms with Gasteiger partial charge in [0.1, 0.15) is 6.10 Å². The highest BCUT2D eigenvalue weighted by Crippen LogP contribution is 2.28. The molecule has 2 aromatic carbocycles. The Morgan fingerprint density at radius 2 is 1.68 bits per heavy atom. The van der Waals surface area contributed by atoms with E-state index in [0.29, 0.717) is 5.02 Å². The highest BCUT2D eigenvalue weighted by molar-refractivity contribution is 6.30. The molecule has 0 bridgehead atoms. The van der Waals surface area contributed by atoms with Gasteiger partial charge in [-0.2, -0.15) is 0 Å². The summed E-state index contributed by atoms with van der Waals surface area (Å²) in [5.41, 5.74) is 2.44. The van der Waals surface area contributed by atoms with Gasteiger partial charge in [0.2, 0.25) is 0 Å². The van der Waals surface area contributed by atoms with Gasteiger partial charge in [-0.15, -0.1) is 0 Å².